The molecular formula is C13H18N4O2S. The molecule has 1 aromatic heterocycles. The Bertz CT molecular complexity index is 685. The molecular weight excluding hydrogens is 276 g/mol. The van der Waals surface area contributed by atoms with E-state index >= 15 is 0 Å². The van der Waals surface area contributed by atoms with Gasteiger partial charge in [-0.25, -0.2) is 4.79 Å². The first-order valence-corrected chi connectivity index (χ1v) is 7.53. The molecule has 0 spiro atoms. The summed E-state index contributed by atoms with van der Waals surface area (Å²) in [6, 6.07) is 2.13. The van der Waals surface area contributed by atoms with Gasteiger partial charge in [-0.2, -0.15) is 17.0 Å². The second kappa shape index (κ2) is 5.37. The number of aromatic nitrogens is 2. The molecule has 20 heavy (non-hydrogen) atoms. The van der Waals surface area contributed by atoms with E-state index in [2.05, 4.69) is 13.8 Å². The first-order valence-electron chi connectivity index (χ1n) is 6.48. The van der Waals surface area contributed by atoms with Crippen molar-refractivity contribution in [1.29, 1.82) is 5.26 Å². The van der Waals surface area contributed by atoms with Gasteiger partial charge in [0, 0.05) is 37.7 Å². The van der Waals surface area contributed by atoms with E-state index in [1.807, 2.05) is 22.7 Å². The maximum atomic E-state index is 12.1. The molecule has 0 aromatic carbocycles. The second-order valence-corrected chi connectivity index (χ2v) is 6.51. The normalized spacial score (nSPS) is 22.6. The van der Waals surface area contributed by atoms with Gasteiger partial charge in [-0.15, -0.1) is 0 Å². The molecule has 2 heterocycles. The fraction of sp³-hybridized carbons (Fsp3) is 0.615. The van der Waals surface area contributed by atoms with Crippen molar-refractivity contribution in [2.75, 3.05) is 17.2 Å². The number of thioether (sulfide) groups is 1. The maximum Gasteiger partial charge on any atom is 0.332 e. The highest BCUT2D eigenvalue weighted by Gasteiger charge is 2.30. The quantitative estimate of drug-likeness (QED) is 0.744. The van der Waals surface area contributed by atoms with Crippen molar-refractivity contribution in [3.8, 4) is 6.07 Å². The standard InChI is InChI=1S/C13H18N4O2S/c1-8-9(2)20-6-5-17(8)11-10(7-14)12(18)16(4)13(19)15(11)3/h8-9H,5-6H2,1-4H3/t8-,9+/m1/s1. The van der Waals surface area contributed by atoms with Crippen LogP contribution in [0.4, 0.5) is 5.82 Å². The Morgan fingerprint density at radius 1 is 1.25 bits per heavy atom. The Morgan fingerprint density at radius 2 is 1.90 bits per heavy atom. The summed E-state index contributed by atoms with van der Waals surface area (Å²) in [5, 5.41) is 9.70. The van der Waals surface area contributed by atoms with E-state index in [0.717, 1.165) is 16.9 Å². The number of anilines is 1. The van der Waals surface area contributed by atoms with E-state index in [4.69, 9.17) is 0 Å². The minimum Gasteiger partial charge on any atom is -0.352 e. The molecule has 0 radical (unpaired) electrons. The molecule has 2 atom stereocenters. The molecule has 2 rings (SSSR count). The lowest BCUT2D eigenvalue weighted by Crippen LogP contribution is -2.50. The fourth-order valence-corrected chi connectivity index (χ4v) is 3.60. The van der Waals surface area contributed by atoms with Crippen molar-refractivity contribution in [2.45, 2.75) is 25.1 Å². The molecule has 0 aliphatic carbocycles. The van der Waals surface area contributed by atoms with Crippen LogP contribution in [0.1, 0.15) is 19.4 Å². The lowest BCUT2D eigenvalue weighted by molar-refractivity contribution is 0.585. The van der Waals surface area contributed by atoms with Gasteiger partial charge in [-0.3, -0.25) is 13.9 Å². The topological polar surface area (TPSA) is 71.0 Å². The summed E-state index contributed by atoms with van der Waals surface area (Å²) in [5.74, 6) is 1.36. The summed E-state index contributed by atoms with van der Waals surface area (Å²) >= 11 is 1.86. The monoisotopic (exact) mass is 294 g/mol. The summed E-state index contributed by atoms with van der Waals surface area (Å²) in [7, 11) is 3.00. The summed E-state index contributed by atoms with van der Waals surface area (Å²) in [6.45, 7) is 4.90. The molecule has 1 aliphatic heterocycles. The van der Waals surface area contributed by atoms with Crippen molar-refractivity contribution in [2.24, 2.45) is 14.1 Å². The van der Waals surface area contributed by atoms with Crippen molar-refractivity contribution < 1.29 is 0 Å². The number of nitriles is 1. The predicted octanol–water partition coefficient (Wildman–Crippen LogP) is 0.286. The highest BCUT2D eigenvalue weighted by Crippen LogP contribution is 2.29. The molecule has 0 amide bonds. The Balaban J connectivity index is 2.71. The molecule has 7 heteroatoms. The van der Waals surface area contributed by atoms with E-state index in [0.29, 0.717) is 11.1 Å². The van der Waals surface area contributed by atoms with Gasteiger partial charge in [-0.05, 0) is 6.92 Å². The van der Waals surface area contributed by atoms with Crippen LogP contribution in [-0.4, -0.2) is 32.7 Å². The third-order valence-electron chi connectivity index (χ3n) is 3.90. The Hall–Kier alpha value is -1.68. The van der Waals surface area contributed by atoms with Crippen LogP contribution in [0, 0.1) is 11.3 Å². The van der Waals surface area contributed by atoms with Crippen LogP contribution in [0.5, 0.6) is 0 Å². The van der Waals surface area contributed by atoms with Gasteiger partial charge >= 0.3 is 5.69 Å². The minimum atomic E-state index is -0.524. The van der Waals surface area contributed by atoms with Gasteiger partial charge in [0.05, 0.1) is 0 Å². The summed E-state index contributed by atoms with van der Waals surface area (Å²) in [6.07, 6.45) is 0. The van der Waals surface area contributed by atoms with Crippen LogP contribution in [0.3, 0.4) is 0 Å². The second-order valence-electron chi connectivity index (χ2n) is 5.03. The van der Waals surface area contributed by atoms with Gasteiger partial charge in [0.15, 0.2) is 5.56 Å². The van der Waals surface area contributed by atoms with Crippen molar-refractivity contribution in [3.05, 3.63) is 26.4 Å². The van der Waals surface area contributed by atoms with Crippen LogP contribution >= 0.6 is 11.8 Å². The van der Waals surface area contributed by atoms with Crippen molar-refractivity contribution >= 4 is 17.6 Å². The number of hydrogen-bond acceptors (Lipinski definition) is 5. The average Bonchev–Trinajstić information content (AvgIpc) is 2.44. The molecule has 0 unspecified atom stereocenters. The molecule has 1 aromatic rings. The third-order valence-corrected chi connectivity index (χ3v) is 5.24. The molecule has 108 valence electrons. The zero-order valence-corrected chi connectivity index (χ0v) is 12.9. The van der Waals surface area contributed by atoms with E-state index in [1.54, 1.807) is 7.05 Å². The Labute approximate surface area is 121 Å². The Kier molecular flexibility index (Phi) is 3.95. The van der Waals surface area contributed by atoms with Gasteiger partial charge in [0.1, 0.15) is 11.9 Å². The van der Waals surface area contributed by atoms with E-state index < -0.39 is 11.2 Å². The SMILES string of the molecule is C[C@@H]1SCCN(c2c(C#N)c(=O)n(C)c(=O)n2C)[C@@H]1C. The van der Waals surface area contributed by atoms with Crippen LogP contribution in [-0.2, 0) is 14.1 Å². The van der Waals surface area contributed by atoms with Gasteiger partial charge in [-0.1, -0.05) is 6.92 Å². The van der Waals surface area contributed by atoms with Crippen LogP contribution in [0.2, 0.25) is 0 Å². The molecule has 0 N–H and O–H groups in total. The lowest BCUT2D eigenvalue weighted by atomic mass is 10.1. The van der Waals surface area contributed by atoms with E-state index in [-0.39, 0.29) is 11.6 Å². The number of rotatable bonds is 1. The van der Waals surface area contributed by atoms with E-state index in [9.17, 15) is 14.9 Å². The van der Waals surface area contributed by atoms with Crippen LogP contribution in [0.15, 0.2) is 9.59 Å². The molecule has 0 saturated carbocycles. The molecule has 0 bridgehead atoms. The summed E-state index contributed by atoms with van der Waals surface area (Å²) in [4.78, 5) is 26.2. The first-order chi connectivity index (χ1) is 9.40. The molecule has 6 nitrogen and oxygen atoms in total. The Morgan fingerprint density at radius 3 is 2.50 bits per heavy atom. The highest BCUT2D eigenvalue weighted by molar-refractivity contribution is 8.00. The average molecular weight is 294 g/mol. The van der Waals surface area contributed by atoms with Gasteiger partial charge < -0.3 is 4.90 Å². The summed E-state index contributed by atoms with van der Waals surface area (Å²) < 4.78 is 2.38. The largest absolute Gasteiger partial charge is 0.352 e. The maximum absolute atomic E-state index is 12.1. The fourth-order valence-electron chi connectivity index (χ4n) is 2.50. The minimum absolute atomic E-state index is 0.0422. The smallest absolute Gasteiger partial charge is 0.332 e. The van der Waals surface area contributed by atoms with E-state index in [1.165, 1.54) is 11.6 Å². The lowest BCUT2D eigenvalue weighted by Gasteiger charge is -2.39. The first kappa shape index (κ1) is 14.7. The summed E-state index contributed by atoms with van der Waals surface area (Å²) in [5.41, 5.74) is -0.883. The number of hydrogen-bond donors (Lipinski definition) is 0. The number of nitrogens with zero attached hydrogens (tertiary/aromatic N) is 4. The van der Waals surface area contributed by atoms with Gasteiger partial charge in [0.25, 0.3) is 5.56 Å². The highest BCUT2D eigenvalue weighted by atomic mass is 32.2. The molecule has 1 saturated heterocycles. The third kappa shape index (κ3) is 2.14. The zero-order valence-electron chi connectivity index (χ0n) is 12.1. The van der Waals surface area contributed by atoms with Crippen molar-refractivity contribution in [1.82, 2.24) is 9.13 Å². The van der Waals surface area contributed by atoms with Crippen LogP contribution < -0.4 is 16.1 Å². The molecule has 1 aliphatic rings. The predicted molar refractivity (Wildman–Crippen MR) is 80.4 cm³/mol. The van der Waals surface area contributed by atoms with Crippen LogP contribution in [0.25, 0.3) is 0 Å². The van der Waals surface area contributed by atoms with Gasteiger partial charge in [0.2, 0.25) is 0 Å². The zero-order chi connectivity index (χ0) is 15.0. The molecule has 1 fully saturated rings. The van der Waals surface area contributed by atoms with Crippen molar-refractivity contribution in [3.63, 3.8) is 0 Å².